The SMILES string of the molecule is CCN(C(C)c1cc(-c2cc(=O)cco2)c(OC)cn1)[S@+]([O-])C(C)(C)C. The smallest absolute Gasteiger partial charge is 0.185 e. The predicted octanol–water partition coefficient (Wildman–Crippen LogP) is 3.56. The number of hydrogen-bond acceptors (Lipinski definition) is 6. The van der Waals surface area contributed by atoms with Gasteiger partial charge in [0.05, 0.1) is 36.9 Å². The summed E-state index contributed by atoms with van der Waals surface area (Å²) in [7, 11) is 1.54. The molecule has 0 spiro atoms. The van der Waals surface area contributed by atoms with Crippen LogP contribution in [0.3, 0.4) is 0 Å². The van der Waals surface area contributed by atoms with Gasteiger partial charge in [-0.25, -0.2) is 0 Å². The second-order valence-electron chi connectivity index (χ2n) is 6.91. The fraction of sp³-hybridized carbons (Fsp3) is 0.474. The molecule has 0 radical (unpaired) electrons. The molecule has 1 unspecified atom stereocenters. The monoisotopic (exact) mass is 378 g/mol. The van der Waals surface area contributed by atoms with Crippen LogP contribution in [0.15, 0.2) is 39.9 Å². The average Bonchev–Trinajstić information content (AvgIpc) is 2.60. The van der Waals surface area contributed by atoms with E-state index in [1.54, 1.807) is 6.20 Å². The Kier molecular flexibility index (Phi) is 6.49. The van der Waals surface area contributed by atoms with E-state index in [0.717, 1.165) is 5.69 Å². The Hall–Kier alpha value is -1.83. The molecule has 0 N–H and O–H groups in total. The van der Waals surface area contributed by atoms with Crippen LogP contribution in [0.2, 0.25) is 0 Å². The number of aromatic nitrogens is 1. The van der Waals surface area contributed by atoms with Crippen LogP contribution in [-0.2, 0) is 11.4 Å². The van der Waals surface area contributed by atoms with Crippen molar-refractivity contribution < 1.29 is 13.7 Å². The fourth-order valence-corrected chi connectivity index (χ4v) is 3.94. The second kappa shape index (κ2) is 8.24. The number of hydrogen-bond donors (Lipinski definition) is 0. The van der Waals surface area contributed by atoms with Crippen molar-refractivity contribution in [2.45, 2.75) is 45.4 Å². The van der Waals surface area contributed by atoms with Gasteiger partial charge >= 0.3 is 0 Å². The highest BCUT2D eigenvalue weighted by Crippen LogP contribution is 2.34. The number of nitrogens with zero attached hydrogens (tertiary/aromatic N) is 2. The molecule has 0 aromatic carbocycles. The van der Waals surface area contributed by atoms with E-state index in [9.17, 15) is 9.35 Å². The summed E-state index contributed by atoms with van der Waals surface area (Å²) in [5.74, 6) is 0.917. The molecule has 0 aliphatic heterocycles. The van der Waals surface area contributed by atoms with Crippen molar-refractivity contribution in [1.29, 1.82) is 0 Å². The van der Waals surface area contributed by atoms with Gasteiger partial charge in [0.25, 0.3) is 0 Å². The second-order valence-corrected chi connectivity index (χ2v) is 9.10. The third-order valence-electron chi connectivity index (χ3n) is 3.98. The van der Waals surface area contributed by atoms with Gasteiger partial charge in [-0.1, -0.05) is 0 Å². The van der Waals surface area contributed by atoms with Crippen LogP contribution in [0.1, 0.15) is 46.4 Å². The van der Waals surface area contributed by atoms with Gasteiger partial charge in [-0.3, -0.25) is 9.78 Å². The Labute approximate surface area is 157 Å². The largest absolute Gasteiger partial charge is 0.597 e. The van der Waals surface area contributed by atoms with Crippen LogP contribution in [0.25, 0.3) is 11.3 Å². The van der Waals surface area contributed by atoms with Crippen molar-refractivity contribution in [1.82, 2.24) is 9.29 Å². The molecule has 0 bridgehead atoms. The van der Waals surface area contributed by atoms with Gasteiger partial charge in [-0.05, 0) is 40.7 Å². The first kappa shape index (κ1) is 20.5. The topological polar surface area (TPSA) is 78.6 Å². The summed E-state index contributed by atoms with van der Waals surface area (Å²) in [6.45, 7) is 10.4. The van der Waals surface area contributed by atoms with Crippen LogP contribution >= 0.6 is 0 Å². The van der Waals surface area contributed by atoms with Gasteiger partial charge < -0.3 is 13.7 Å². The molecule has 2 aromatic rings. The van der Waals surface area contributed by atoms with E-state index in [2.05, 4.69) is 4.98 Å². The quantitative estimate of drug-likeness (QED) is 0.715. The van der Waals surface area contributed by atoms with Crippen molar-refractivity contribution in [2.24, 2.45) is 0 Å². The van der Waals surface area contributed by atoms with Gasteiger partial charge in [-0.15, -0.1) is 4.31 Å². The standard InChI is InChI=1S/C19H26N2O4S/c1-7-21(26(23)19(3,4)5)13(2)16-11-15(18(24-6)12-20-16)17-10-14(22)8-9-25-17/h8-13H,7H2,1-6H3/t13?,26-/m1/s1. The molecule has 2 heterocycles. The van der Waals surface area contributed by atoms with Crippen LogP contribution in [-0.4, -0.2) is 32.2 Å². The molecular formula is C19H26N2O4S. The van der Waals surface area contributed by atoms with Gasteiger partial charge in [0.15, 0.2) is 5.43 Å². The van der Waals surface area contributed by atoms with Crippen molar-refractivity contribution in [3.63, 3.8) is 0 Å². The number of methoxy groups -OCH3 is 1. The van der Waals surface area contributed by atoms with Crippen LogP contribution in [0.4, 0.5) is 0 Å². The predicted molar refractivity (Wildman–Crippen MR) is 103 cm³/mol. The maximum atomic E-state index is 12.9. The molecule has 2 aromatic heterocycles. The first-order valence-electron chi connectivity index (χ1n) is 8.50. The van der Waals surface area contributed by atoms with Crippen molar-refractivity contribution in [3.8, 4) is 17.1 Å². The van der Waals surface area contributed by atoms with E-state index in [4.69, 9.17) is 9.15 Å². The molecule has 0 aliphatic rings. The summed E-state index contributed by atoms with van der Waals surface area (Å²) in [6, 6.07) is 4.41. The van der Waals surface area contributed by atoms with Crippen molar-refractivity contribution in [2.75, 3.05) is 13.7 Å². The Morgan fingerprint density at radius 1 is 1.38 bits per heavy atom. The molecule has 0 saturated carbocycles. The highest BCUT2D eigenvalue weighted by molar-refractivity contribution is 7.90. The van der Waals surface area contributed by atoms with E-state index >= 15 is 0 Å². The first-order chi connectivity index (χ1) is 12.2. The maximum absolute atomic E-state index is 12.9. The molecular weight excluding hydrogens is 352 g/mol. The lowest BCUT2D eigenvalue weighted by molar-refractivity contribution is 0.338. The zero-order valence-electron chi connectivity index (χ0n) is 16.1. The number of pyridine rings is 1. The molecule has 142 valence electrons. The fourth-order valence-electron chi connectivity index (χ4n) is 2.60. The molecule has 7 heteroatoms. The van der Waals surface area contributed by atoms with Crippen LogP contribution in [0.5, 0.6) is 5.75 Å². The minimum Gasteiger partial charge on any atom is -0.597 e. The highest BCUT2D eigenvalue weighted by atomic mass is 32.2. The molecule has 6 nitrogen and oxygen atoms in total. The summed E-state index contributed by atoms with van der Waals surface area (Å²) in [5.41, 5.74) is 1.22. The minimum absolute atomic E-state index is 0.149. The van der Waals surface area contributed by atoms with Gasteiger partial charge in [0.2, 0.25) is 0 Å². The summed E-state index contributed by atoms with van der Waals surface area (Å²) in [6.07, 6.45) is 2.95. The van der Waals surface area contributed by atoms with Gasteiger partial charge in [0.1, 0.15) is 16.3 Å². The van der Waals surface area contributed by atoms with Gasteiger partial charge in [-0.2, -0.15) is 0 Å². The Bertz CT molecular complexity index is 801. The Balaban J connectivity index is 2.47. The van der Waals surface area contributed by atoms with Gasteiger partial charge in [0, 0.05) is 30.0 Å². The normalized spacial score (nSPS) is 14.3. The molecule has 2 rings (SSSR count). The molecule has 26 heavy (non-hydrogen) atoms. The molecule has 0 saturated heterocycles. The summed E-state index contributed by atoms with van der Waals surface area (Å²) >= 11 is -1.18. The lowest BCUT2D eigenvalue weighted by Gasteiger charge is -2.35. The third-order valence-corrected chi connectivity index (χ3v) is 6.03. The van der Waals surface area contributed by atoms with Crippen LogP contribution < -0.4 is 10.2 Å². The molecule has 2 atom stereocenters. The summed E-state index contributed by atoms with van der Waals surface area (Å²) < 4.78 is 25.2. The van der Waals surface area contributed by atoms with Crippen molar-refractivity contribution in [3.05, 3.63) is 46.6 Å². The zero-order valence-corrected chi connectivity index (χ0v) is 16.9. The van der Waals surface area contributed by atoms with E-state index in [0.29, 0.717) is 23.6 Å². The number of rotatable bonds is 6. The maximum Gasteiger partial charge on any atom is 0.185 e. The molecule has 0 amide bonds. The molecule has 0 fully saturated rings. The Morgan fingerprint density at radius 3 is 2.62 bits per heavy atom. The number of ether oxygens (including phenoxy) is 1. The lowest BCUT2D eigenvalue weighted by Crippen LogP contribution is -2.44. The van der Waals surface area contributed by atoms with E-state index in [-0.39, 0.29) is 16.2 Å². The molecule has 0 aliphatic carbocycles. The Morgan fingerprint density at radius 2 is 2.08 bits per heavy atom. The summed E-state index contributed by atoms with van der Waals surface area (Å²) in [4.78, 5) is 16.1. The van der Waals surface area contributed by atoms with Crippen molar-refractivity contribution >= 4 is 11.4 Å². The first-order valence-corrected chi connectivity index (χ1v) is 9.61. The van der Waals surface area contributed by atoms with E-state index in [1.165, 1.54) is 25.5 Å². The van der Waals surface area contributed by atoms with Crippen LogP contribution in [0, 0.1) is 0 Å². The lowest BCUT2D eigenvalue weighted by atomic mass is 10.1. The average molecular weight is 378 g/mol. The minimum atomic E-state index is -1.18. The summed E-state index contributed by atoms with van der Waals surface area (Å²) in [5, 5.41) is 0. The van der Waals surface area contributed by atoms with E-state index in [1.807, 2.05) is 45.0 Å². The third kappa shape index (κ3) is 4.47. The highest BCUT2D eigenvalue weighted by Gasteiger charge is 2.36. The zero-order chi connectivity index (χ0) is 19.5. The van der Waals surface area contributed by atoms with E-state index < -0.39 is 11.4 Å².